The monoisotopic (exact) mass is 312 g/mol. The number of hydrogen-bond donors (Lipinski definition) is 2. The lowest BCUT2D eigenvalue weighted by molar-refractivity contribution is 0.834. The molecule has 0 aliphatic carbocycles. The molecule has 1 saturated heterocycles. The minimum Gasteiger partial charge on any atom is -0.308 e. The zero-order valence-electron chi connectivity index (χ0n) is 10.8. The minimum atomic E-state index is 0.359. The fourth-order valence-corrected chi connectivity index (χ4v) is 5.79. The van der Waals surface area contributed by atoms with Crippen molar-refractivity contribution in [1.82, 2.24) is 9.97 Å². The van der Waals surface area contributed by atoms with E-state index in [0.717, 1.165) is 27.6 Å². The Kier molecular flexibility index (Phi) is 3.88. The van der Waals surface area contributed by atoms with Crippen molar-refractivity contribution in [2.75, 3.05) is 16.9 Å². The highest BCUT2D eigenvalue weighted by Crippen LogP contribution is 2.42. The smallest absolute Gasteiger partial charge is 0.152 e. The molecule has 0 amide bonds. The van der Waals surface area contributed by atoms with Gasteiger partial charge in [0.25, 0.3) is 0 Å². The van der Waals surface area contributed by atoms with E-state index in [4.69, 9.17) is 10.8 Å². The van der Waals surface area contributed by atoms with Gasteiger partial charge in [-0.25, -0.2) is 15.8 Å². The van der Waals surface area contributed by atoms with Gasteiger partial charge in [0, 0.05) is 21.6 Å². The van der Waals surface area contributed by atoms with Crippen LogP contribution in [0.25, 0.3) is 10.2 Å². The second-order valence-corrected chi connectivity index (χ2v) is 8.49. The molecule has 1 aliphatic rings. The molecule has 19 heavy (non-hydrogen) atoms. The molecule has 2 aromatic heterocycles. The largest absolute Gasteiger partial charge is 0.308 e. The quantitative estimate of drug-likeness (QED) is 0.656. The Bertz CT molecular complexity index is 598. The molecule has 2 unspecified atom stereocenters. The Hall–Kier alpha value is -0.500. The van der Waals surface area contributed by atoms with Crippen LogP contribution in [0.15, 0.2) is 6.07 Å². The first-order valence-electron chi connectivity index (χ1n) is 6.17. The maximum Gasteiger partial charge on any atom is 0.152 e. The summed E-state index contributed by atoms with van der Waals surface area (Å²) < 4.78 is 0. The number of hydrogen-bond acceptors (Lipinski definition) is 7. The lowest BCUT2D eigenvalue weighted by Crippen LogP contribution is -2.19. The second-order valence-electron chi connectivity index (χ2n) is 4.52. The number of thiophene rings is 1. The lowest BCUT2D eigenvalue weighted by atomic mass is 10.3. The van der Waals surface area contributed by atoms with E-state index in [0.29, 0.717) is 10.5 Å². The van der Waals surface area contributed by atoms with E-state index in [1.165, 1.54) is 10.6 Å². The average molecular weight is 312 g/mol. The van der Waals surface area contributed by atoms with E-state index in [-0.39, 0.29) is 0 Å². The number of fused-ring (bicyclic) bond motifs is 1. The van der Waals surface area contributed by atoms with Crippen molar-refractivity contribution in [2.24, 2.45) is 5.84 Å². The number of nitrogens with zero attached hydrogens (tertiary/aromatic N) is 2. The molecule has 0 saturated carbocycles. The van der Waals surface area contributed by atoms with Crippen molar-refractivity contribution in [3.63, 3.8) is 0 Å². The van der Waals surface area contributed by atoms with Crippen LogP contribution in [0, 0.1) is 6.92 Å². The van der Waals surface area contributed by atoms with Crippen molar-refractivity contribution in [3.8, 4) is 0 Å². The van der Waals surface area contributed by atoms with Gasteiger partial charge in [-0.1, -0.05) is 6.92 Å². The molecule has 3 rings (SSSR count). The normalized spacial score (nSPS) is 23.7. The number of thioether (sulfide) groups is 2. The van der Waals surface area contributed by atoms with Crippen LogP contribution < -0.4 is 11.3 Å². The first-order valence-corrected chi connectivity index (χ1v) is 9.08. The molecule has 2 atom stereocenters. The number of aryl methyl sites for hydroxylation is 1. The van der Waals surface area contributed by atoms with Crippen molar-refractivity contribution in [2.45, 2.75) is 24.3 Å². The van der Waals surface area contributed by atoms with Crippen LogP contribution in [0.1, 0.15) is 22.9 Å². The SMILES string of the molecule is Cc1cc2c(NN)nc(C3SCCSC3C)nc2s1. The summed E-state index contributed by atoms with van der Waals surface area (Å²) in [4.78, 5) is 11.6. The minimum absolute atomic E-state index is 0.359. The van der Waals surface area contributed by atoms with Gasteiger partial charge in [0.15, 0.2) is 5.82 Å². The number of hydrazine groups is 1. The molecule has 3 heterocycles. The van der Waals surface area contributed by atoms with E-state index in [9.17, 15) is 0 Å². The molecule has 0 spiro atoms. The van der Waals surface area contributed by atoms with E-state index in [2.05, 4.69) is 30.3 Å². The van der Waals surface area contributed by atoms with Crippen molar-refractivity contribution in [1.29, 1.82) is 0 Å². The number of nitrogens with one attached hydrogen (secondary N) is 1. The summed E-state index contributed by atoms with van der Waals surface area (Å²) >= 11 is 5.64. The highest BCUT2D eigenvalue weighted by atomic mass is 32.2. The zero-order valence-corrected chi connectivity index (χ0v) is 13.3. The van der Waals surface area contributed by atoms with Crippen LogP contribution in [-0.2, 0) is 0 Å². The molecule has 1 aliphatic heterocycles. The highest BCUT2D eigenvalue weighted by Gasteiger charge is 2.27. The Morgan fingerprint density at radius 3 is 2.84 bits per heavy atom. The lowest BCUT2D eigenvalue weighted by Gasteiger charge is -2.26. The van der Waals surface area contributed by atoms with Crippen LogP contribution in [0.2, 0.25) is 0 Å². The highest BCUT2D eigenvalue weighted by molar-refractivity contribution is 8.06. The maximum absolute atomic E-state index is 5.61. The summed E-state index contributed by atoms with van der Waals surface area (Å²) in [5, 5.41) is 1.93. The van der Waals surface area contributed by atoms with E-state index >= 15 is 0 Å². The van der Waals surface area contributed by atoms with Crippen molar-refractivity contribution in [3.05, 3.63) is 16.8 Å². The van der Waals surface area contributed by atoms with Crippen LogP contribution in [0.3, 0.4) is 0 Å². The van der Waals surface area contributed by atoms with E-state index < -0.39 is 0 Å². The summed E-state index contributed by atoms with van der Waals surface area (Å²) in [6.45, 7) is 4.34. The number of rotatable bonds is 2. The van der Waals surface area contributed by atoms with Crippen LogP contribution in [0.5, 0.6) is 0 Å². The third-order valence-electron chi connectivity index (χ3n) is 3.11. The Labute approximate surface area is 124 Å². The Morgan fingerprint density at radius 2 is 2.11 bits per heavy atom. The molecule has 7 heteroatoms. The van der Waals surface area contributed by atoms with Crippen molar-refractivity contribution < 1.29 is 0 Å². The summed E-state index contributed by atoms with van der Waals surface area (Å²) in [5.74, 6) is 9.64. The van der Waals surface area contributed by atoms with Gasteiger partial charge in [-0.2, -0.15) is 11.8 Å². The zero-order chi connectivity index (χ0) is 13.4. The fourth-order valence-electron chi connectivity index (χ4n) is 2.21. The molecule has 4 nitrogen and oxygen atoms in total. The molecule has 0 aromatic carbocycles. The Balaban J connectivity index is 2.08. The molecule has 0 bridgehead atoms. The maximum atomic E-state index is 5.61. The summed E-state index contributed by atoms with van der Waals surface area (Å²) in [5.41, 5.74) is 2.72. The standard InChI is InChI=1S/C12H16N4S3/c1-6-5-8-10(16-13)14-11(15-12(8)19-6)9-7(2)17-3-4-18-9/h5,7,9H,3-4,13H2,1-2H3,(H,14,15,16). The van der Waals surface area contributed by atoms with E-state index in [1.807, 2.05) is 23.5 Å². The Morgan fingerprint density at radius 1 is 1.32 bits per heavy atom. The van der Waals surface area contributed by atoms with Crippen LogP contribution in [-0.4, -0.2) is 26.7 Å². The van der Waals surface area contributed by atoms with Gasteiger partial charge < -0.3 is 5.43 Å². The fraction of sp³-hybridized carbons (Fsp3) is 0.500. The van der Waals surface area contributed by atoms with Gasteiger partial charge in [-0.05, 0) is 13.0 Å². The number of nitrogens with two attached hydrogens (primary N) is 1. The molecule has 1 fully saturated rings. The summed E-state index contributed by atoms with van der Waals surface area (Å²) in [6.07, 6.45) is 0. The topological polar surface area (TPSA) is 63.8 Å². The predicted octanol–water partition coefficient (Wildman–Crippen LogP) is 3.19. The number of aromatic nitrogens is 2. The van der Waals surface area contributed by atoms with Gasteiger partial charge in [0.1, 0.15) is 10.7 Å². The third kappa shape index (κ3) is 2.56. The third-order valence-corrected chi connectivity index (χ3v) is 7.14. The van der Waals surface area contributed by atoms with E-state index in [1.54, 1.807) is 11.3 Å². The summed E-state index contributed by atoms with van der Waals surface area (Å²) in [7, 11) is 0. The molecule has 102 valence electrons. The van der Waals surface area contributed by atoms with Crippen molar-refractivity contribution >= 4 is 50.9 Å². The van der Waals surface area contributed by atoms with Gasteiger partial charge >= 0.3 is 0 Å². The average Bonchev–Trinajstić information content (AvgIpc) is 2.78. The van der Waals surface area contributed by atoms with Gasteiger partial charge in [-0.15, -0.1) is 23.1 Å². The summed E-state index contributed by atoms with van der Waals surface area (Å²) in [6, 6.07) is 2.09. The molecule has 2 aromatic rings. The van der Waals surface area contributed by atoms with Crippen LogP contribution >= 0.6 is 34.9 Å². The second kappa shape index (κ2) is 5.47. The first-order chi connectivity index (χ1) is 9.19. The van der Waals surface area contributed by atoms with Gasteiger partial charge in [-0.3, -0.25) is 0 Å². The van der Waals surface area contributed by atoms with Gasteiger partial charge in [0.05, 0.1) is 10.6 Å². The molecular weight excluding hydrogens is 296 g/mol. The van der Waals surface area contributed by atoms with Gasteiger partial charge in [0.2, 0.25) is 0 Å². The number of anilines is 1. The first kappa shape index (κ1) is 13.5. The van der Waals surface area contributed by atoms with Crippen LogP contribution in [0.4, 0.5) is 5.82 Å². The molecule has 3 N–H and O–H groups in total. The predicted molar refractivity (Wildman–Crippen MR) is 87.1 cm³/mol. The molecular formula is C12H16N4S3. The molecule has 0 radical (unpaired) electrons. The number of nitrogen functional groups attached to an aromatic ring is 1.